The second kappa shape index (κ2) is 5.64. The first-order chi connectivity index (χ1) is 7.79. The van der Waals surface area contributed by atoms with Crippen molar-refractivity contribution in [3.63, 3.8) is 0 Å². The van der Waals surface area contributed by atoms with Gasteiger partial charge in [0.1, 0.15) is 0 Å². The molecule has 2 rings (SSSR count). The fraction of sp³-hybridized carbons (Fsp3) is 0.917. The van der Waals surface area contributed by atoms with Gasteiger partial charge in [-0.1, -0.05) is 0 Å². The van der Waals surface area contributed by atoms with E-state index in [0.29, 0.717) is 12.3 Å². The minimum Gasteiger partial charge on any atom is -0.378 e. The van der Waals surface area contributed by atoms with Crippen molar-refractivity contribution in [3.05, 3.63) is 0 Å². The molecule has 0 aromatic rings. The molecule has 0 bridgehead atoms. The van der Waals surface area contributed by atoms with E-state index in [9.17, 15) is 4.79 Å². The largest absolute Gasteiger partial charge is 0.378 e. The third kappa shape index (κ3) is 2.95. The number of ether oxygens (including phenoxy) is 1. The van der Waals surface area contributed by atoms with Crippen molar-refractivity contribution >= 4 is 5.91 Å². The number of rotatable bonds is 4. The third-order valence-corrected chi connectivity index (χ3v) is 3.64. The summed E-state index contributed by atoms with van der Waals surface area (Å²) in [5.41, 5.74) is 5.54. The van der Waals surface area contributed by atoms with Crippen LogP contribution < -0.4 is 5.73 Å². The summed E-state index contributed by atoms with van der Waals surface area (Å²) in [7, 11) is 0. The molecule has 4 heteroatoms. The number of nitrogens with zero attached hydrogens (tertiary/aromatic N) is 1. The Balaban J connectivity index is 1.73. The molecule has 16 heavy (non-hydrogen) atoms. The van der Waals surface area contributed by atoms with E-state index >= 15 is 0 Å². The summed E-state index contributed by atoms with van der Waals surface area (Å²) in [6, 6.07) is 0. The molecule has 2 aliphatic heterocycles. The Kier molecular flexibility index (Phi) is 4.18. The SMILES string of the molecule is NCCC1CCN(C(=O)CC2CCCO2)C1. The molecular formula is C12H22N2O2. The molecule has 0 spiro atoms. The number of carbonyl (C=O) groups is 1. The maximum atomic E-state index is 12.0. The second-order valence-corrected chi connectivity index (χ2v) is 4.91. The summed E-state index contributed by atoms with van der Waals surface area (Å²) >= 11 is 0. The van der Waals surface area contributed by atoms with Crippen LogP contribution in [0.2, 0.25) is 0 Å². The van der Waals surface area contributed by atoms with Gasteiger partial charge in [0, 0.05) is 19.7 Å². The molecule has 2 heterocycles. The van der Waals surface area contributed by atoms with Gasteiger partial charge in [-0.3, -0.25) is 4.79 Å². The Hall–Kier alpha value is -0.610. The molecule has 4 nitrogen and oxygen atoms in total. The Morgan fingerprint density at radius 3 is 3.00 bits per heavy atom. The van der Waals surface area contributed by atoms with Crippen LogP contribution in [0.5, 0.6) is 0 Å². The molecule has 0 aromatic heterocycles. The van der Waals surface area contributed by atoms with Crippen LogP contribution in [-0.4, -0.2) is 43.2 Å². The van der Waals surface area contributed by atoms with E-state index in [4.69, 9.17) is 10.5 Å². The van der Waals surface area contributed by atoms with Gasteiger partial charge in [0.15, 0.2) is 0 Å². The summed E-state index contributed by atoms with van der Waals surface area (Å²) in [6.45, 7) is 3.38. The van der Waals surface area contributed by atoms with Crippen LogP contribution in [0.3, 0.4) is 0 Å². The van der Waals surface area contributed by atoms with Crippen LogP contribution >= 0.6 is 0 Å². The number of likely N-dealkylation sites (tertiary alicyclic amines) is 1. The Morgan fingerprint density at radius 2 is 2.31 bits per heavy atom. The van der Waals surface area contributed by atoms with Crippen molar-refractivity contribution in [1.29, 1.82) is 0 Å². The van der Waals surface area contributed by atoms with Crippen molar-refractivity contribution in [1.82, 2.24) is 4.90 Å². The highest BCUT2D eigenvalue weighted by Gasteiger charge is 2.28. The van der Waals surface area contributed by atoms with Gasteiger partial charge in [-0.05, 0) is 38.1 Å². The zero-order valence-electron chi connectivity index (χ0n) is 9.86. The lowest BCUT2D eigenvalue weighted by Gasteiger charge is -2.18. The smallest absolute Gasteiger partial charge is 0.225 e. The van der Waals surface area contributed by atoms with Crippen molar-refractivity contribution in [3.8, 4) is 0 Å². The van der Waals surface area contributed by atoms with E-state index in [0.717, 1.165) is 51.9 Å². The number of hydrogen-bond donors (Lipinski definition) is 1. The van der Waals surface area contributed by atoms with E-state index in [2.05, 4.69) is 0 Å². The van der Waals surface area contributed by atoms with E-state index in [-0.39, 0.29) is 12.0 Å². The van der Waals surface area contributed by atoms with E-state index in [1.54, 1.807) is 0 Å². The second-order valence-electron chi connectivity index (χ2n) is 4.91. The average molecular weight is 226 g/mol. The number of hydrogen-bond acceptors (Lipinski definition) is 3. The van der Waals surface area contributed by atoms with E-state index in [1.807, 2.05) is 4.90 Å². The standard InChI is InChI=1S/C12H22N2O2/c13-5-3-10-4-6-14(9-10)12(15)8-11-2-1-7-16-11/h10-11H,1-9,13H2. The molecule has 2 saturated heterocycles. The lowest BCUT2D eigenvalue weighted by Crippen LogP contribution is -2.31. The highest BCUT2D eigenvalue weighted by molar-refractivity contribution is 5.77. The topological polar surface area (TPSA) is 55.6 Å². The van der Waals surface area contributed by atoms with Crippen molar-refractivity contribution in [2.45, 2.75) is 38.2 Å². The summed E-state index contributed by atoms with van der Waals surface area (Å²) < 4.78 is 5.49. The van der Waals surface area contributed by atoms with Crippen molar-refractivity contribution in [2.24, 2.45) is 11.7 Å². The number of amides is 1. The van der Waals surface area contributed by atoms with Crippen LogP contribution in [0.15, 0.2) is 0 Å². The van der Waals surface area contributed by atoms with Gasteiger partial charge >= 0.3 is 0 Å². The highest BCUT2D eigenvalue weighted by atomic mass is 16.5. The first-order valence-corrected chi connectivity index (χ1v) is 6.39. The van der Waals surface area contributed by atoms with Gasteiger partial charge in [-0.15, -0.1) is 0 Å². The average Bonchev–Trinajstić information content (AvgIpc) is 2.89. The lowest BCUT2D eigenvalue weighted by molar-refractivity contribution is -0.132. The minimum absolute atomic E-state index is 0.182. The zero-order chi connectivity index (χ0) is 11.4. The normalized spacial score (nSPS) is 29.9. The van der Waals surface area contributed by atoms with Crippen LogP contribution in [0.4, 0.5) is 0 Å². The van der Waals surface area contributed by atoms with Crippen LogP contribution in [0.1, 0.15) is 32.1 Å². The quantitative estimate of drug-likeness (QED) is 0.769. The highest BCUT2D eigenvalue weighted by Crippen LogP contribution is 2.22. The molecule has 2 aliphatic rings. The zero-order valence-corrected chi connectivity index (χ0v) is 9.86. The Labute approximate surface area is 97.1 Å². The molecule has 0 saturated carbocycles. The predicted molar refractivity (Wildman–Crippen MR) is 61.9 cm³/mol. The summed E-state index contributed by atoms with van der Waals surface area (Å²) in [4.78, 5) is 14.0. The fourth-order valence-electron chi connectivity index (χ4n) is 2.66. The monoisotopic (exact) mass is 226 g/mol. The van der Waals surface area contributed by atoms with Gasteiger partial charge in [-0.25, -0.2) is 0 Å². The van der Waals surface area contributed by atoms with Gasteiger partial charge in [0.25, 0.3) is 0 Å². The fourth-order valence-corrected chi connectivity index (χ4v) is 2.66. The molecule has 0 aromatic carbocycles. The molecule has 2 fully saturated rings. The summed E-state index contributed by atoms with van der Waals surface area (Å²) in [5, 5.41) is 0. The molecule has 0 aliphatic carbocycles. The van der Waals surface area contributed by atoms with Gasteiger partial charge < -0.3 is 15.4 Å². The molecule has 2 unspecified atom stereocenters. The van der Waals surface area contributed by atoms with Crippen LogP contribution in [0, 0.1) is 5.92 Å². The molecule has 2 atom stereocenters. The molecule has 92 valence electrons. The number of nitrogens with two attached hydrogens (primary N) is 1. The van der Waals surface area contributed by atoms with E-state index < -0.39 is 0 Å². The molecule has 1 amide bonds. The molecular weight excluding hydrogens is 204 g/mol. The minimum atomic E-state index is 0.182. The maximum absolute atomic E-state index is 12.0. The summed E-state index contributed by atoms with van der Waals surface area (Å²) in [5.74, 6) is 0.893. The van der Waals surface area contributed by atoms with Crippen molar-refractivity contribution in [2.75, 3.05) is 26.2 Å². The van der Waals surface area contributed by atoms with Crippen LogP contribution in [0.25, 0.3) is 0 Å². The third-order valence-electron chi connectivity index (χ3n) is 3.64. The van der Waals surface area contributed by atoms with Crippen LogP contribution in [-0.2, 0) is 9.53 Å². The lowest BCUT2D eigenvalue weighted by atomic mass is 10.1. The molecule has 2 N–H and O–H groups in total. The Morgan fingerprint density at radius 1 is 1.44 bits per heavy atom. The van der Waals surface area contributed by atoms with Gasteiger partial charge in [0.05, 0.1) is 12.5 Å². The maximum Gasteiger partial charge on any atom is 0.225 e. The summed E-state index contributed by atoms with van der Waals surface area (Å²) in [6.07, 6.45) is 5.08. The van der Waals surface area contributed by atoms with E-state index in [1.165, 1.54) is 0 Å². The first-order valence-electron chi connectivity index (χ1n) is 6.39. The molecule has 0 radical (unpaired) electrons. The first kappa shape index (κ1) is 11.9. The van der Waals surface area contributed by atoms with Gasteiger partial charge in [-0.2, -0.15) is 0 Å². The van der Waals surface area contributed by atoms with Gasteiger partial charge in [0.2, 0.25) is 5.91 Å². The Bertz CT molecular complexity index is 239. The van der Waals surface area contributed by atoms with Crippen molar-refractivity contribution < 1.29 is 9.53 Å². The number of carbonyl (C=O) groups excluding carboxylic acids is 1. The predicted octanol–water partition coefficient (Wildman–Crippen LogP) is 0.753.